The first-order valence-corrected chi connectivity index (χ1v) is 8.21. The van der Waals surface area contributed by atoms with Gasteiger partial charge in [-0.1, -0.05) is 20.8 Å². The van der Waals surface area contributed by atoms with Gasteiger partial charge in [0.2, 0.25) is 0 Å². The number of hydrogen-bond acceptors (Lipinski definition) is 4. The molecule has 0 bridgehead atoms. The van der Waals surface area contributed by atoms with Gasteiger partial charge in [-0.15, -0.1) is 11.3 Å². The minimum absolute atomic E-state index is 0.678. The molecule has 0 atom stereocenters. The van der Waals surface area contributed by atoms with Gasteiger partial charge in [0.1, 0.15) is 10.8 Å². The topological polar surface area (TPSA) is 42.7 Å². The molecule has 0 aliphatic carbocycles. The second kappa shape index (κ2) is 7.55. The third kappa shape index (κ3) is 4.42. The SMILES string of the molecule is CCCc1nccn1Cc1csc(CNCC(C)C)n1. The normalized spacial score (nSPS) is 11.4. The highest BCUT2D eigenvalue weighted by Crippen LogP contribution is 2.12. The van der Waals surface area contributed by atoms with Crippen LogP contribution in [0.4, 0.5) is 0 Å². The van der Waals surface area contributed by atoms with Gasteiger partial charge in [0.05, 0.1) is 12.2 Å². The van der Waals surface area contributed by atoms with Crippen molar-refractivity contribution >= 4 is 11.3 Å². The zero-order valence-corrected chi connectivity index (χ0v) is 13.4. The summed E-state index contributed by atoms with van der Waals surface area (Å²) in [5.41, 5.74) is 1.13. The van der Waals surface area contributed by atoms with E-state index in [1.54, 1.807) is 11.3 Å². The summed E-state index contributed by atoms with van der Waals surface area (Å²) in [6.45, 7) is 9.35. The maximum atomic E-state index is 4.69. The van der Waals surface area contributed by atoms with Crippen LogP contribution in [0.1, 0.15) is 43.7 Å². The minimum Gasteiger partial charge on any atom is -0.329 e. The summed E-state index contributed by atoms with van der Waals surface area (Å²) in [5, 5.41) is 6.75. The third-order valence-electron chi connectivity index (χ3n) is 3.04. The second-order valence-corrected chi connectivity index (χ2v) is 6.42. The van der Waals surface area contributed by atoms with Crippen LogP contribution in [0, 0.1) is 5.92 Å². The van der Waals surface area contributed by atoms with Gasteiger partial charge in [-0.2, -0.15) is 0 Å². The Morgan fingerprint density at radius 3 is 3.00 bits per heavy atom. The van der Waals surface area contributed by atoms with Crippen molar-refractivity contribution in [3.63, 3.8) is 0 Å². The molecule has 2 heterocycles. The van der Waals surface area contributed by atoms with Crippen molar-refractivity contribution in [2.45, 2.75) is 46.7 Å². The van der Waals surface area contributed by atoms with Crippen LogP contribution in [0.5, 0.6) is 0 Å². The molecule has 0 saturated heterocycles. The molecule has 0 saturated carbocycles. The van der Waals surface area contributed by atoms with E-state index in [-0.39, 0.29) is 0 Å². The average Bonchev–Trinajstić information content (AvgIpc) is 3.01. The van der Waals surface area contributed by atoms with Gasteiger partial charge in [0.25, 0.3) is 0 Å². The Morgan fingerprint density at radius 2 is 2.25 bits per heavy atom. The highest BCUT2D eigenvalue weighted by molar-refractivity contribution is 7.09. The molecule has 0 aromatic carbocycles. The molecule has 0 radical (unpaired) electrons. The van der Waals surface area contributed by atoms with E-state index in [1.165, 1.54) is 0 Å². The first kappa shape index (κ1) is 15.2. The molecule has 0 spiro atoms. The molecule has 0 aliphatic rings. The summed E-state index contributed by atoms with van der Waals surface area (Å²) < 4.78 is 2.20. The van der Waals surface area contributed by atoms with Gasteiger partial charge in [-0.25, -0.2) is 9.97 Å². The van der Waals surface area contributed by atoms with Crippen molar-refractivity contribution in [1.82, 2.24) is 19.9 Å². The Kier molecular flexibility index (Phi) is 5.73. The van der Waals surface area contributed by atoms with Crippen molar-refractivity contribution in [3.05, 3.63) is 34.3 Å². The van der Waals surface area contributed by atoms with Gasteiger partial charge < -0.3 is 9.88 Å². The van der Waals surface area contributed by atoms with E-state index in [9.17, 15) is 0 Å². The lowest BCUT2D eigenvalue weighted by atomic mass is 10.2. The van der Waals surface area contributed by atoms with E-state index in [2.05, 4.69) is 41.0 Å². The lowest BCUT2D eigenvalue weighted by Crippen LogP contribution is -2.18. The molecule has 2 aromatic rings. The van der Waals surface area contributed by atoms with Crippen molar-refractivity contribution < 1.29 is 0 Å². The zero-order chi connectivity index (χ0) is 14.4. The highest BCUT2D eigenvalue weighted by Gasteiger charge is 2.06. The molecule has 4 nitrogen and oxygen atoms in total. The molecule has 2 aromatic heterocycles. The smallest absolute Gasteiger partial charge is 0.108 e. The molecule has 20 heavy (non-hydrogen) atoms. The van der Waals surface area contributed by atoms with Crippen LogP contribution in [0.2, 0.25) is 0 Å². The Hall–Kier alpha value is -1.20. The maximum absolute atomic E-state index is 4.69. The third-order valence-corrected chi connectivity index (χ3v) is 3.93. The van der Waals surface area contributed by atoms with Gasteiger partial charge >= 0.3 is 0 Å². The summed E-state index contributed by atoms with van der Waals surface area (Å²) >= 11 is 1.73. The van der Waals surface area contributed by atoms with E-state index >= 15 is 0 Å². The number of nitrogens with one attached hydrogen (secondary N) is 1. The molecule has 2 rings (SSSR count). The van der Waals surface area contributed by atoms with Crippen LogP contribution in [0.25, 0.3) is 0 Å². The molecule has 5 heteroatoms. The average molecular weight is 292 g/mol. The molecule has 0 amide bonds. The zero-order valence-electron chi connectivity index (χ0n) is 12.6. The van der Waals surface area contributed by atoms with E-state index in [4.69, 9.17) is 4.98 Å². The van der Waals surface area contributed by atoms with Gasteiger partial charge in [0.15, 0.2) is 0 Å². The fourth-order valence-electron chi connectivity index (χ4n) is 2.08. The van der Waals surface area contributed by atoms with Crippen LogP contribution in [-0.2, 0) is 19.5 Å². The van der Waals surface area contributed by atoms with Crippen LogP contribution in [0.15, 0.2) is 17.8 Å². The minimum atomic E-state index is 0.678. The van der Waals surface area contributed by atoms with Gasteiger partial charge in [0, 0.05) is 30.7 Å². The number of hydrogen-bond donors (Lipinski definition) is 1. The van der Waals surface area contributed by atoms with E-state index in [0.717, 1.165) is 49.0 Å². The van der Waals surface area contributed by atoms with Gasteiger partial charge in [-0.3, -0.25) is 0 Å². The molecule has 0 fully saturated rings. The molecule has 1 N–H and O–H groups in total. The largest absolute Gasteiger partial charge is 0.329 e. The standard InChI is InChI=1S/C15H24N4S/c1-4-5-14-17-6-7-19(14)10-13-11-20-15(18-13)9-16-8-12(2)3/h6-7,11-12,16H,4-5,8-10H2,1-3H3. The molecule has 110 valence electrons. The van der Waals surface area contributed by atoms with Gasteiger partial charge in [-0.05, 0) is 18.9 Å². The lowest BCUT2D eigenvalue weighted by molar-refractivity contribution is 0.551. The maximum Gasteiger partial charge on any atom is 0.108 e. The Labute approximate surface area is 125 Å². The predicted molar refractivity (Wildman–Crippen MR) is 84.0 cm³/mol. The Balaban J connectivity index is 1.90. The van der Waals surface area contributed by atoms with Crippen LogP contribution in [-0.4, -0.2) is 21.1 Å². The summed E-state index contributed by atoms with van der Waals surface area (Å²) in [4.78, 5) is 9.09. The first-order chi connectivity index (χ1) is 9.69. The van der Waals surface area contributed by atoms with E-state index in [1.807, 2.05) is 12.4 Å². The number of nitrogens with zero attached hydrogens (tertiary/aromatic N) is 3. The van der Waals surface area contributed by atoms with Crippen molar-refractivity contribution in [3.8, 4) is 0 Å². The quantitative estimate of drug-likeness (QED) is 0.813. The van der Waals surface area contributed by atoms with E-state index in [0.29, 0.717) is 5.92 Å². The number of thiazole rings is 1. The lowest BCUT2D eigenvalue weighted by Gasteiger charge is -2.05. The highest BCUT2D eigenvalue weighted by atomic mass is 32.1. The van der Waals surface area contributed by atoms with Crippen LogP contribution in [0.3, 0.4) is 0 Å². The Morgan fingerprint density at radius 1 is 1.40 bits per heavy atom. The number of rotatable bonds is 8. The second-order valence-electron chi connectivity index (χ2n) is 5.48. The van der Waals surface area contributed by atoms with Crippen LogP contribution >= 0.6 is 11.3 Å². The summed E-state index contributed by atoms with van der Waals surface area (Å²) in [6.07, 6.45) is 6.07. The van der Waals surface area contributed by atoms with Crippen LogP contribution < -0.4 is 5.32 Å². The Bertz CT molecular complexity index is 515. The first-order valence-electron chi connectivity index (χ1n) is 7.33. The van der Waals surface area contributed by atoms with Crippen molar-refractivity contribution in [1.29, 1.82) is 0 Å². The predicted octanol–water partition coefficient (Wildman–Crippen LogP) is 3.09. The van der Waals surface area contributed by atoms with Crippen molar-refractivity contribution in [2.24, 2.45) is 5.92 Å². The fraction of sp³-hybridized carbons (Fsp3) is 0.600. The summed E-state index contributed by atoms with van der Waals surface area (Å²) in [6, 6.07) is 0. The molecule has 0 unspecified atom stereocenters. The number of aryl methyl sites for hydroxylation is 1. The molecular weight excluding hydrogens is 268 g/mol. The van der Waals surface area contributed by atoms with E-state index < -0.39 is 0 Å². The number of aromatic nitrogens is 3. The fourth-order valence-corrected chi connectivity index (χ4v) is 2.84. The summed E-state index contributed by atoms with van der Waals surface area (Å²) in [7, 11) is 0. The number of imidazole rings is 1. The summed E-state index contributed by atoms with van der Waals surface area (Å²) in [5.74, 6) is 1.83. The van der Waals surface area contributed by atoms with Crippen molar-refractivity contribution in [2.75, 3.05) is 6.54 Å². The molecular formula is C15H24N4S. The molecule has 0 aliphatic heterocycles. The monoisotopic (exact) mass is 292 g/mol.